The van der Waals surface area contributed by atoms with E-state index in [0.29, 0.717) is 44.7 Å². The molecule has 4 rings (SSSR count). The molecule has 0 radical (unpaired) electrons. The fourth-order valence-electron chi connectivity index (χ4n) is 4.91. The molecule has 3 heterocycles. The highest BCUT2D eigenvalue weighted by atomic mass is 16.6. The zero-order valence-electron chi connectivity index (χ0n) is 18.7. The van der Waals surface area contributed by atoms with Gasteiger partial charge in [-0.25, -0.2) is 9.78 Å². The minimum absolute atomic E-state index is 0.0502. The molecular formula is C23H29N5O4. The molecule has 0 aliphatic carbocycles. The number of carbonyl (C=O) groups is 3. The van der Waals surface area contributed by atoms with Gasteiger partial charge in [0.15, 0.2) is 5.69 Å². The van der Waals surface area contributed by atoms with E-state index in [0.717, 1.165) is 11.1 Å². The number of hydrogen-bond donors (Lipinski definition) is 2. The van der Waals surface area contributed by atoms with Crippen molar-refractivity contribution in [1.82, 2.24) is 14.5 Å². The number of aromatic nitrogens is 2. The number of imidazole rings is 1. The molecule has 3 amide bonds. The Morgan fingerprint density at radius 3 is 2.28 bits per heavy atom. The number of piperidine rings is 1. The second kappa shape index (κ2) is 7.65. The molecule has 9 heteroatoms. The monoisotopic (exact) mass is 439 g/mol. The molecule has 2 aliphatic heterocycles. The number of ether oxygens (including phenoxy) is 1. The minimum atomic E-state index is -0.783. The average Bonchev–Trinajstić information content (AvgIpc) is 3.07. The lowest BCUT2D eigenvalue weighted by atomic mass is 9.70. The lowest BCUT2D eigenvalue weighted by Gasteiger charge is -2.42. The maximum absolute atomic E-state index is 12.6. The molecule has 170 valence electrons. The number of hydrogen-bond acceptors (Lipinski definition) is 5. The summed E-state index contributed by atoms with van der Waals surface area (Å²) >= 11 is 0. The smallest absolute Gasteiger partial charge is 0.410 e. The van der Waals surface area contributed by atoms with Crippen molar-refractivity contribution in [3.05, 3.63) is 52.6 Å². The number of carbonyl (C=O) groups excluding carboxylic acids is 3. The van der Waals surface area contributed by atoms with Crippen LogP contribution in [-0.4, -0.2) is 51.0 Å². The fraction of sp³-hybridized carbons (Fsp3) is 0.478. The predicted octanol–water partition coefficient (Wildman–Crippen LogP) is 1.95. The fourth-order valence-corrected chi connectivity index (χ4v) is 4.91. The van der Waals surface area contributed by atoms with E-state index >= 15 is 0 Å². The highest BCUT2D eigenvalue weighted by Crippen LogP contribution is 2.45. The second-order valence-electron chi connectivity index (χ2n) is 9.47. The van der Waals surface area contributed by atoms with Crippen molar-refractivity contribution in [1.29, 1.82) is 0 Å². The minimum Gasteiger partial charge on any atom is -0.444 e. The van der Waals surface area contributed by atoms with Gasteiger partial charge >= 0.3 is 6.09 Å². The van der Waals surface area contributed by atoms with E-state index in [1.54, 1.807) is 9.47 Å². The van der Waals surface area contributed by atoms with Crippen molar-refractivity contribution < 1.29 is 19.1 Å². The van der Waals surface area contributed by atoms with E-state index < -0.39 is 22.8 Å². The number of benzene rings is 1. The lowest BCUT2D eigenvalue weighted by molar-refractivity contribution is 0.0176. The quantitative estimate of drug-likeness (QED) is 0.738. The Morgan fingerprint density at radius 1 is 1.03 bits per heavy atom. The first-order chi connectivity index (χ1) is 15.0. The Morgan fingerprint density at radius 2 is 1.69 bits per heavy atom. The van der Waals surface area contributed by atoms with E-state index in [1.807, 2.05) is 32.9 Å². The Bertz CT molecular complexity index is 1090. The number of aryl methyl sites for hydroxylation is 1. The third kappa shape index (κ3) is 3.61. The maximum atomic E-state index is 12.6. The number of nitrogens with two attached hydrogens (primary N) is 2. The number of amides is 3. The average molecular weight is 440 g/mol. The summed E-state index contributed by atoms with van der Waals surface area (Å²) in [6, 6.07) is 8.10. The van der Waals surface area contributed by atoms with Crippen molar-refractivity contribution >= 4 is 17.9 Å². The third-order valence-corrected chi connectivity index (χ3v) is 6.27. The summed E-state index contributed by atoms with van der Waals surface area (Å²) in [7, 11) is 0. The molecule has 2 aromatic rings. The van der Waals surface area contributed by atoms with Gasteiger partial charge in [0.05, 0.1) is 5.41 Å². The van der Waals surface area contributed by atoms with Crippen molar-refractivity contribution in [2.24, 2.45) is 11.5 Å². The molecule has 2 aliphatic rings. The molecule has 0 unspecified atom stereocenters. The van der Waals surface area contributed by atoms with E-state index in [9.17, 15) is 14.4 Å². The van der Waals surface area contributed by atoms with Crippen LogP contribution in [0.25, 0.3) is 0 Å². The van der Waals surface area contributed by atoms with Gasteiger partial charge in [0, 0.05) is 19.6 Å². The molecule has 32 heavy (non-hydrogen) atoms. The molecule has 0 bridgehead atoms. The van der Waals surface area contributed by atoms with Crippen LogP contribution in [0.15, 0.2) is 24.3 Å². The normalized spacial score (nSPS) is 17.3. The first-order valence-corrected chi connectivity index (χ1v) is 10.8. The highest BCUT2D eigenvalue weighted by Gasteiger charge is 2.46. The molecule has 0 saturated carbocycles. The van der Waals surface area contributed by atoms with Gasteiger partial charge in [0.2, 0.25) is 0 Å². The molecule has 1 spiro atoms. The molecule has 1 aromatic heterocycles. The Balaban J connectivity index is 1.81. The number of rotatable bonds is 2. The topological polar surface area (TPSA) is 134 Å². The van der Waals surface area contributed by atoms with E-state index in [-0.39, 0.29) is 17.5 Å². The molecule has 1 saturated heterocycles. The highest BCUT2D eigenvalue weighted by molar-refractivity contribution is 6.04. The van der Waals surface area contributed by atoms with Crippen LogP contribution in [0, 0.1) is 0 Å². The molecule has 1 fully saturated rings. The van der Waals surface area contributed by atoms with Crippen LogP contribution < -0.4 is 11.5 Å². The van der Waals surface area contributed by atoms with Crippen LogP contribution in [0.5, 0.6) is 0 Å². The number of primary amides is 2. The number of nitrogens with zero attached hydrogens (tertiary/aromatic N) is 3. The summed E-state index contributed by atoms with van der Waals surface area (Å²) in [4.78, 5) is 43.3. The Labute approximate surface area is 186 Å². The van der Waals surface area contributed by atoms with Gasteiger partial charge < -0.3 is 25.7 Å². The maximum Gasteiger partial charge on any atom is 0.410 e. The molecule has 1 aromatic carbocycles. The Hall–Kier alpha value is -3.36. The standard InChI is InChI=1S/C23H29N5O4/c1-22(2,3)32-21(31)27-12-9-23(10-13-27)15-7-5-4-6-14(15)8-11-28-17(19(25)30)16(18(24)29)26-20(23)28/h4-7H,8-13H2,1-3H3,(H2,24,29)(H2,25,30). The zero-order chi connectivity index (χ0) is 23.3. The SMILES string of the molecule is CC(C)(C)OC(=O)N1CCC2(CC1)c1ccccc1CCn1c2nc(C(N)=O)c1C(N)=O. The molecule has 0 atom stereocenters. The summed E-state index contributed by atoms with van der Waals surface area (Å²) in [6.07, 6.45) is 1.44. The van der Waals surface area contributed by atoms with E-state index in [4.69, 9.17) is 16.2 Å². The lowest BCUT2D eigenvalue weighted by Crippen LogP contribution is -2.48. The number of fused-ring (bicyclic) bond motifs is 4. The van der Waals surface area contributed by atoms with Crippen LogP contribution in [-0.2, 0) is 23.1 Å². The van der Waals surface area contributed by atoms with Crippen molar-refractivity contribution in [2.45, 2.75) is 57.6 Å². The van der Waals surface area contributed by atoms with Gasteiger partial charge in [0.25, 0.3) is 11.8 Å². The van der Waals surface area contributed by atoms with Crippen molar-refractivity contribution in [2.75, 3.05) is 13.1 Å². The van der Waals surface area contributed by atoms with E-state index in [2.05, 4.69) is 17.1 Å². The Kier molecular flexibility index (Phi) is 5.22. The van der Waals surface area contributed by atoms with Gasteiger partial charge in [-0.2, -0.15) is 0 Å². The summed E-state index contributed by atoms with van der Waals surface area (Å²) in [5.74, 6) is -0.910. The van der Waals surface area contributed by atoms with Crippen LogP contribution >= 0.6 is 0 Å². The summed E-state index contributed by atoms with van der Waals surface area (Å²) in [6.45, 7) is 6.88. The van der Waals surface area contributed by atoms with Gasteiger partial charge in [-0.15, -0.1) is 0 Å². The molecular weight excluding hydrogens is 410 g/mol. The van der Waals surface area contributed by atoms with Crippen LogP contribution in [0.3, 0.4) is 0 Å². The first-order valence-electron chi connectivity index (χ1n) is 10.8. The first kappa shape index (κ1) is 21.9. The van der Waals surface area contributed by atoms with Crippen LogP contribution in [0.4, 0.5) is 4.79 Å². The largest absolute Gasteiger partial charge is 0.444 e. The van der Waals surface area contributed by atoms with Gasteiger partial charge in [-0.05, 0) is 51.2 Å². The summed E-state index contributed by atoms with van der Waals surface area (Å²) in [5, 5.41) is 0. The van der Waals surface area contributed by atoms with E-state index in [1.165, 1.54) is 0 Å². The summed E-state index contributed by atoms with van der Waals surface area (Å²) in [5.41, 5.74) is 12.2. The van der Waals surface area contributed by atoms with Crippen LogP contribution in [0.2, 0.25) is 0 Å². The van der Waals surface area contributed by atoms with Crippen molar-refractivity contribution in [3.63, 3.8) is 0 Å². The van der Waals surface area contributed by atoms with Crippen LogP contribution in [0.1, 0.15) is 71.5 Å². The van der Waals surface area contributed by atoms with Gasteiger partial charge in [-0.1, -0.05) is 24.3 Å². The predicted molar refractivity (Wildman–Crippen MR) is 117 cm³/mol. The van der Waals surface area contributed by atoms with Crippen molar-refractivity contribution in [3.8, 4) is 0 Å². The summed E-state index contributed by atoms with van der Waals surface area (Å²) < 4.78 is 7.30. The number of likely N-dealkylation sites (tertiary alicyclic amines) is 1. The molecule has 9 nitrogen and oxygen atoms in total. The van der Waals surface area contributed by atoms with Gasteiger partial charge in [0.1, 0.15) is 17.1 Å². The third-order valence-electron chi connectivity index (χ3n) is 6.27. The molecule has 4 N–H and O–H groups in total. The van der Waals surface area contributed by atoms with Gasteiger partial charge in [-0.3, -0.25) is 9.59 Å². The zero-order valence-corrected chi connectivity index (χ0v) is 18.7. The second-order valence-corrected chi connectivity index (χ2v) is 9.47.